The first-order valence-corrected chi connectivity index (χ1v) is 13.0. The smallest absolute Gasteiger partial charge is 0.306 e. The fraction of sp³-hybridized carbons (Fsp3) is 0.846. The summed E-state index contributed by atoms with van der Waals surface area (Å²) in [5, 5.41) is 17.2. The maximum Gasteiger partial charge on any atom is 0.306 e. The zero-order chi connectivity index (χ0) is 25.6. The van der Waals surface area contributed by atoms with Crippen LogP contribution in [0.25, 0.3) is 0 Å². The highest BCUT2D eigenvalue weighted by Gasteiger charge is 2.21. The van der Waals surface area contributed by atoms with Crippen LogP contribution in [0.4, 0.5) is 0 Å². The minimum absolute atomic E-state index is 0.0311. The topological polar surface area (TPSA) is 127 Å². The summed E-state index contributed by atoms with van der Waals surface area (Å²) in [4.78, 5) is 45.0. The predicted molar refractivity (Wildman–Crippen MR) is 129 cm³/mol. The first kappa shape index (κ1) is 31.9. The van der Waals surface area contributed by atoms with E-state index < -0.39 is 11.9 Å². The molecule has 2 atom stereocenters. The Hall–Kier alpha value is -2.12. The lowest BCUT2D eigenvalue weighted by Crippen LogP contribution is -2.28. The minimum Gasteiger partial charge on any atom is -0.481 e. The van der Waals surface area contributed by atoms with Gasteiger partial charge >= 0.3 is 23.9 Å². The first-order chi connectivity index (χ1) is 16.3. The van der Waals surface area contributed by atoms with Crippen LogP contribution < -0.4 is 0 Å². The van der Waals surface area contributed by atoms with E-state index in [-0.39, 0.29) is 43.4 Å². The first-order valence-electron chi connectivity index (χ1n) is 13.0. The van der Waals surface area contributed by atoms with Crippen LogP contribution in [0, 0.1) is 5.92 Å². The van der Waals surface area contributed by atoms with Crippen molar-refractivity contribution in [3.8, 4) is 0 Å². The second-order valence-corrected chi connectivity index (χ2v) is 9.08. The monoisotopic (exact) mass is 486 g/mol. The average molecular weight is 487 g/mol. The number of hydrogen-bond acceptors (Lipinski definition) is 6. The Balaban J connectivity index is 3.82. The fourth-order valence-electron chi connectivity index (χ4n) is 3.73. The zero-order valence-electron chi connectivity index (χ0n) is 21.2. The summed E-state index contributed by atoms with van der Waals surface area (Å²) in [6.07, 6.45) is 12.1. The molecule has 8 nitrogen and oxygen atoms in total. The molecule has 0 fully saturated rings. The van der Waals surface area contributed by atoms with Crippen LogP contribution in [0.5, 0.6) is 0 Å². The van der Waals surface area contributed by atoms with Gasteiger partial charge in [0.2, 0.25) is 0 Å². The number of ether oxygens (including phenoxy) is 2. The van der Waals surface area contributed by atoms with E-state index in [1.165, 1.54) is 0 Å². The van der Waals surface area contributed by atoms with Crippen molar-refractivity contribution in [2.24, 2.45) is 5.92 Å². The lowest BCUT2D eigenvalue weighted by atomic mass is 10.0. The fourth-order valence-corrected chi connectivity index (χ4v) is 3.73. The average Bonchev–Trinajstić information content (AvgIpc) is 2.77. The number of hydrogen-bond donors (Lipinski definition) is 2. The summed E-state index contributed by atoms with van der Waals surface area (Å²) in [5.41, 5.74) is 0. The SMILES string of the molecule is CCC(COC(=O)CCCCCCCCC(=O)O)C(C)OC(=O)CCCCCCCCC(=O)O. The van der Waals surface area contributed by atoms with Gasteiger partial charge in [-0.2, -0.15) is 0 Å². The molecule has 0 aliphatic rings. The zero-order valence-corrected chi connectivity index (χ0v) is 21.2. The van der Waals surface area contributed by atoms with E-state index in [9.17, 15) is 19.2 Å². The number of carbonyl (C=O) groups is 4. The Labute approximate surface area is 204 Å². The Morgan fingerprint density at radius 2 is 1.00 bits per heavy atom. The van der Waals surface area contributed by atoms with Crippen LogP contribution in [-0.4, -0.2) is 46.8 Å². The molecular weight excluding hydrogens is 440 g/mol. The van der Waals surface area contributed by atoms with Crippen molar-refractivity contribution in [1.82, 2.24) is 0 Å². The summed E-state index contributed by atoms with van der Waals surface area (Å²) in [7, 11) is 0. The normalized spacial score (nSPS) is 12.6. The van der Waals surface area contributed by atoms with Crippen molar-refractivity contribution in [2.45, 2.75) is 129 Å². The molecule has 2 N–H and O–H groups in total. The third kappa shape index (κ3) is 20.5. The third-order valence-corrected chi connectivity index (χ3v) is 6.01. The second-order valence-electron chi connectivity index (χ2n) is 9.08. The third-order valence-electron chi connectivity index (χ3n) is 6.01. The van der Waals surface area contributed by atoms with Gasteiger partial charge in [0.25, 0.3) is 0 Å². The number of carboxylic acid groups (broad SMARTS) is 2. The molecule has 0 radical (unpaired) electrons. The van der Waals surface area contributed by atoms with Crippen molar-refractivity contribution in [1.29, 1.82) is 0 Å². The molecule has 0 aromatic rings. The van der Waals surface area contributed by atoms with E-state index in [0.29, 0.717) is 25.7 Å². The highest BCUT2D eigenvalue weighted by Crippen LogP contribution is 2.16. The number of rotatable bonds is 23. The van der Waals surface area contributed by atoms with Gasteiger partial charge in [0.1, 0.15) is 6.10 Å². The molecule has 34 heavy (non-hydrogen) atoms. The number of aliphatic carboxylic acids is 2. The molecule has 0 spiro atoms. The van der Waals surface area contributed by atoms with E-state index in [1.807, 2.05) is 13.8 Å². The lowest BCUT2D eigenvalue weighted by Gasteiger charge is -2.22. The summed E-state index contributed by atoms with van der Waals surface area (Å²) >= 11 is 0. The highest BCUT2D eigenvalue weighted by molar-refractivity contribution is 5.70. The highest BCUT2D eigenvalue weighted by atomic mass is 16.6. The van der Waals surface area contributed by atoms with Gasteiger partial charge in [0.05, 0.1) is 6.61 Å². The van der Waals surface area contributed by atoms with Gasteiger partial charge < -0.3 is 19.7 Å². The number of esters is 2. The molecular formula is C26H46O8. The molecule has 0 aromatic heterocycles. The number of unbranched alkanes of at least 4 members (excludes halogenated alkanes) is 10. The predicted octanol–water partition coefficient (Wildman–Crippen LogP) is 5.90. The molecule has 198 valence electrons. The standard InChI is InChI=1S/C26H46O8/c1-3-22(20-33-25(31)18-14-10-6-4-8-12-16-23(27)28)21(2)34-26(32)19-15-11-7-5-9-13-17-24(29)30/h21-22H,3-20H2,1-2H3,(H,27,28)(H,29,30). The molecule has 0 heterocycles. The molecule has 0 saturated heterocycles. The number of carbonyl (C=O) groups excluding carboxylic acids is 2. The van der Waals surface area contributed by atoms with Gasteiger partial charge in [-0.25, -0.2) is 0 Å². The molecule has 8 heteroatoms. The Bertz CT molecular complexity index is 575. The van der Waals surface area contributed by atoms with E-state index in [2.05, 4.69) is 0 Å². The van der Waals surface area contributed by atoms with Crippen molar-refractivity contribution < 1.29 is 38.9 Å². The summed E-state index contributed by atoms with van der Waals surface area (Å²) in [6, 6.07) is 0. The molecule has 0 amide bonds. The Morgan fingerprint density at radius 3 is 1.41 bits per heavy atom. The van der Waals surface area contributed by atoms with Crippen LogP contribution in [0.15, 0.2) is 0 Å². The summed E-state index contributed by atoms with van der Waals surface area (Å²) in [6.45, 7) is 4.07. The summed E-state index contributed by atoms with van der Waals surface area (Å²) < 4.78 is 10.9. The van der Waals surface area contributed by atoms with E-state index in [1.54, 1.807) is 0 Å². The molecule has 0 aliphatic carbocycles. The van der Waals surface area contributed by atoms with Gasteiger partial charge in [0.15, 0.2) is 0 Å². The maximum absolute atomic E-state index is 12.1. The van der Waals surface area contributed by atoms with Crippen molar-refractivity contribution >= 4 is 23.9 Å². The quantitative estimate of drug-likeness (QED) is 0.135. The molecule has 0 saturated carbocycles. The van der Waals surface area contributed by atoms with Gasteiger partial charge in [-0.3, -0.25) is 19.2 Å². The van der Waals surface area contributed by atoms with Crippen LogP contribution >= 0.6 is 0 Å². The van der Waals surface area contributed by atoms with Crippen molar-refractivity contribution in [2.75, 3.05) is 6.61 Å². The molecule has 0 aliphatic heterocycles. The van der Waals surface area contributed by atoms with Crippen LogP contribution in [0.2, 0.25) is 0 Å². The van der Waals surface area contributed by atoms with Gasteiger partial charge in [-0.1, -0.05) is 58.3 Å². The van der Waals surface area contributed by atoms with Crippen LogP contribution in [-0.2, 0) is 28.7 Å². The van der Waals surface area contributed by atoms with E-state index >= 15 is 0 Å². The second kappa shape index (κ2) is 21.4. The maximum atomic E-state index is 12.1. The van der Waals surface area contributed by atoms with Crippen LogP contribution in [0.3, 0.4) is 0 Å². The molecule has 2 unspecified atom stereocenters. The minimum atomic E-state index is -0.754. The van der Waals surface area contributed by atoms with Gasteiger partial charge in [-0.15, -0.1) is 0 Å². The van der Waals surface area contributed by atoms with Gasteiger partial charge in [0, 0.05) is 31.6 Å². The van der Waals surface area contributed by atoms with Gasteiger partial charge in [-0.05, 0) is 39.0 Å². The Kier molecular flexibility index (Phi) is 20.1. The lowest BCUT2D eigenvalue weighted by molar-refractivity contribution is -0.155. The molecule has 0 aromatic carbocycles. The van der Waals surface area contributed by atoms with Crippen molar-refractivity contribution in [3.63, 3.8) is 0 Å². The van der Waals surface area contributed by atoms with E-state index in [0.717, 1.165) is 70.6 Å². The molecule has 0 rings (SSSR count). The van der Waals surface area contributed by atoms with Crippen molar-refractivity contribution in [3.05, 3.63) is 0 Å². The molecule has 0 bridgehead atoms. The Morgan fingerprint density at radius 1 is 0.618 bits per heavy atom. The number of carboxylic acids is 2. The summed E-state index contributed by atoms with van der Waals surface area (Å²) in [5.74, 6) is -2.00. The van der Waals surface area contributed by atoms with E-state index in [4.69, 9.17) is 19.7 Å². The van der Waals surface area contributed by atoms with Crippen LogP contribution in [0.1, 0.15) is 123 Å². The largest absolute Gasteiger partial charge is 0.481 e.